The van der Waals surface area contributed by atoms with Crippen molar-refractivity contribution in [3.8, 4) is 11.5 Å². The molecular formula is C18H27NO4. The molecule has 0 fully saturated rings. The smallest absolute Gasteiger partial charge is 0.251 e. The number of carbonyl (C=O) groups excluding carboxylic acids is 1. The molecule has 1 heterocycles. The summed E-state index contributed by atoms with van der Waals surface area (Å²) in [4.78, 5) is 12.3. The zero-order valence-corrected chi connectivity index (χ0v) is 14.3. The third kappa shape index (κ3) is 4.86. The molecule has 2 rings (SSSR count). The lowest BCUT2D eigenvalue weighted by atomic mass is 10.1. The minimum atomic E-state index is -0.0841. The van der Waals surface area contributed by atoms with E-state index in [0.717, 1.165) is 43.6 Å². The lowest BCUT2D eigenvalue weighted by molar-refractivity contribution is 0.0940. The van der Waals surface area contributed by atoms with E-state index in [2.05, 4.69) is 12.2 Å². The molecule has 0 radical (unpaired) electrons. The Kier molecular flexibility index (Phi) is 6.71. The van der Waals surface area contributed by atoms with Crippen molar-refractivity contribution in [1.29, 1.82) is 0 Å². The number of rotatable bonds is 9. The number of benzene rings is 1. The van der Waals surface area contributed by atoms with E-state index in [1.165, 1.54) is 0 Å². The first kappa shape index (κ1) is 17.6. The largest absolute Gasteiger partial charge is 0.493 e. The van der Waals surface area contributed by atoms with Crippen LogP contribution in [0.3, 0.4) is 0 Å². The van der Waals surface area contributed by atoms with Gasteiger partial charge in [-0.3, -0.25) is 4.79 Å². The first-order chi connectivity index (χ1) is 11.2. The van der Waals surface area contributed by atoms with Crippen molar-refractivity contribution in [2.75, 3.05) is 26.9 Å². The summed E-state index contributed by atoms with van der Waals surface area (Å²) in [7, 11) is 1.59. The van der Waals surface area contributed by atoms with Gasteiger partial charge in [0.15, 0.2) is 11.5 Å². The Balaban J connectivity index is 1.84. The van der Waals surface area contributed by atoms with Gasteiger partial charge in [-0.05, 0) is 31.9 Å². The van der Waals surface area contributed by atoms with E-state index in [1.807, 2.05) is 13.0 Å². The Labute approximate surface area is 138 Å². The molecule has 0 unspecified atom stereocenters. The first-order valence-electron chi connectivity index (χ1n) is 8.39. The summed E-state index contributed by atoms with van der Waals surface area (Å²) in [6, 6.07) is 3.64. The van der Waals surface area contributed by atoms with Gasteiger partial charge >= 0.3 is 0 Å². The zero-order valence-electron chi connectivity index (χ0n) is 14.3. The van der Waals surface area contributed by atoms with Crippen LogP contribution in [-0.2, 0) is 11.2 Å². The van der Waals surface area contributed by atoms with E-state index >= 15 is 0 Å². The van der Waals surface area contributed by atoms with Crippen LogP contribution in [0, 0.1) is 0 Å². The van der Waals surface area contributed by atoms with Gasteiger partial charge in [-0.25, -0.2) is 0 Å². The number of carbonyl (C=O) groups is 1. The molecule has 1 aliphatic heterocycles. The molecule has 0 bridgehead atoms. The lowest BCUT2D eigenvalue weighted by Crippen LogP contribution is -2.25. The monoisotopic (exact) mass is 321 g/mol. The maximum atomic E-state index is 12.3. The van der Waals surface area contributed by atoms with Crippen LogP contribution >= 0.6 is 0 Å². The highest BCUT2D eigenvalue weighted by atomic mass is 16.5. The zero-order chi connectivity index (χ0) is 16.7. The number of fused-ring (bicyclic) bond motifs is 1. The van der Waals surface area contributed by atoms with Crippen molar-refractivity contribution in [2.24, 2.45) is 0 Å². The molecule has 1 atom stereocenters. The average Bonchev–Trinajstić information content (AvgIpc) is 2.92. The summed E-state index contributed by atoms with van der Waals surface area (Å²) >= 11 is 0. The molecule has 1 amide bonds. The second kappa shape index (κ2) is 8.77. The normalized spacial score (nSPS) is 15.9. The van der Waals surface area contributed by atoms with Gasteiger partial charge in [0, 0.05) is 37.3 Å². The maximum absolute atomic E-state index is 12.3. The number of hydrogen-bond donors (Lipinski definition) is 1. The number of hydrogen-bond acceptors (Lipinski definition) is 4. The SMILES string of the molecule is CCCCOCCCNC(=O)c1cc2c(c(OC)c1)O[C@@H](C)C2. The van der Waals surface area contributed by atoms with Crippen molar-refractivity contribution < 1.29 is 19.0 Å². The molecule has 23 heavy (non-hydrogen) atoms. The van der Waals surface area contributed by atoms with E-state index in [1.54, 1.807) is 13.2 Å². The topological polar surface area (TPSA) is 56.8 Å². The summed E-state index contributed by atoms with van der Waals surface area (Å²) in [5.41, 5.74) is 1.65. The minimum absolute atomic E-state index is 0.0841. The van der Waals surface area contributed by atoms with Gasteiger partial charge < -0.3 is 19.5 Å². The molecule has 5 heteroatoms. The van der Waals surface area contributed by atoms with Crippen molar-refractivity contribution in [2.45, 2.75) is 45.6 Å². The van der Waals surface area contributed by atoms with Gasteiger partial charge in [0.1, 0.15) is 6.10 Å². The second-order valence-electron chi connectivity index (χ2n) is 5.87. The summed E-state index contributed by atoms with van der Waals surface area (Å²) in [5.74, 6) is 1.31. The van der Waals surface area contributed by atoms with E-state index in [9.17, 15) is 4.79 Å². The fourth-order valence-corrected chi connectivity index (χ4v) is 2.61. The van der Waals surface area contributed by atoms with Gasteiger partial charge in [-0.15, -0.1) is 0 Å². The fraction of sp³-hybridized carbons (Fsp3) is 0.611. The Morgan fingerprint density at radius 3 is 2.87 bits per heavy atom. The Morgan fingerprint density at radius 2 is 2.13 bits per heavy atom. The Bertz CT molecular complexity index is 530. The van der Waals surface area contributed by atoms with Crippen LogP contribution in [0.4, 0.5) is 0 Å². The molecule has 1 aromatic rings. The van der Waals surface area contributed by atoms with Crippen molar-refractivity contribution >= 4 is 5.91 Å². The molecule has 0 saturated heterocycles. The highest BCUT2D eigenvalue weighted by Gasteiger charge is 2.25. The summed E-state index contributed by atoms with van der Waals surface area (Å²) in [6.07, 6.45) is 3.97. The Morgan fingerprint density at radius 1 is 1.35 bits per heavy atom. The van der Waals surface area contributed by atoms with Gasteiger partial charge in [0.25, 0.3) is 5.91 Å². The lowest BCUT2D eigenvalue weighted by Gasteiger charge is -2.11. The third-order valence-corrected chi connectivity index (χ3v) is 3.83. The van der Waals surface area contributed by atoms with Crippen LogP contribution in [0.25, 0.3) is 0 Å². The van der Waals surface area contributed by atoms with Crippen LogP contribution in [0.15, 0.2) is 12.1 Å². The summed E-state index contributed by atoms with van der Waals surface area (Å²) in [6.45, 7) is 6.24. The molecule has 1 N–H and O–H groups in total. The molecule has 0 spiro atoms. The molecule has 5 nitrogen and oxygen atoms in total. The molecule has 0 saturated carbocycles. The van der Waals surface area contributed by atoms with Crippen LogP contribution < -0.4 is 14.8 Å². The molecule has 128 valence electrons. The molecule has 1 aliphatic rings. The standard InChI is InChI=1S/C18H27NO4/c1-4-5-8-22-9-6-7-19-18(20)15-11-14-10-13(2)23-17(14)16(12-15)21-3/h11-13H,4-10H2,1-3H3,(H,19,20)/t13-/m0/s1. The molecular weight excluding hydrogens is 294 g/mol. The summed E-state index contributed by atoms with van der Waals surface area (Å²) in [5, 5.41) is 2.93. The quantitative estimate of drug-likeness (QED) is 0.711. The van der Waals surface area contributed by atoms with Crippen molar-refractivity contribution in [1.82, 2.24) is 5.32 Å². The number of nitrogens with one attached hydrogen (secondary N) is 1. The van der Waals surface area contributed by atoms with E-state index in [0.29, 0.717) is 24.5 Å². The third-order valence-electron chi connectivity index (χ3n) is 3.83. The van der Waals surface area contributed by atoms with Crippen LogP contribution in [0.1, 0.15) is 49.0 Å². The molecule has 0 aliphatic carbocycles. The predicted molar refractivity (Wildman–Crippen MR) is 89.5 cm³/mol. The van der Waals surface area contributed by atoms with Gasteiger partial charge in [-0.1, -0.05) is 13.3 Å². The van der Waals surface area contributed by atoms with E-state index < -0.39 is 0 Å². The molecule has 0 aromatic heterocycles. The number of amides is 1. The highest BCUT2D eigenvalue weighted by molar-refractivity contribution is 5.95. The number of methoxy groups -OCH3 is 1. The average molecular weight is 321 g/mol. The van der Waals surface area contributed by atoms with Crippen LogP contribution in [0.2, 0.25) is 0 Å². The number of unbranched alkanes of at least 4 members (excludes halogenated alkanes) is 1. The summed E-state index contributed by atoms with van der Waals surface area (Å²) < 4.78 is 16.6. The molecule has 1 aromatic carbocycles. The maximum Gasteiger partial charge on any atom is 0.251 e. The number of ether oxygens (including phenoxy) is 3. The van der Waals surface area contributed by atoms with Crippen molar-refractivity contribution in [3.63, 3.8) is 0 Å². The van der Waals surface area contributed by atoms with Crippen LogP contribution in [-0.4, -0.2) is 38.9 Å². The van der Waals surface area contributed by atoms with Gasteiger partial charge in [0.05, 0.1) is 7.11 Å². The highest BCUT2D eigenvalue weighted by Crippen LogP contribution is 2.38. The fourth-order valence-electron chi connectivity index (χ4n) is 2.61. The van der Waals surface area contributed by atoms with E-state index in [4.69, 9.17) is 14.2 Å². The minimum Gasteiger partial charge on any atom is -0.493 e. The Hall–Kier alpha value is -1.75. The van der Waals surface area contributed by atoms with Gasteiger partial charge in [-0.2, -0.15) is 0 Å². The van der Waals surface area contributed by atoms with E-state index in [-0.39, 0.29) is 12.0 Å². The predicted octanol–water partition coefficient (Wildman–Crippen LogP) is 2.96. The van der Waals surface area contributed by atoms with Crippen molar-refractivity contribution in [3.05, 3.63) is 23.3 Å². The van der Waals surface area contributed by atoms with Crippen LogP contribution in [0.5, 0.6) is 11.5 Å². The second-order valence-corrected chi connectivity index (χ2v) is 5.87. The van der Waals surface area contributed by atoms with Gasteiger partial charge in [0.2, 0.25) is 0 Å². The first-order valence-corrected chi connectivity index (χ1v) is 8.39.